The van der Waals surface area contributed by atoms with E-state index in [-0.39, 0.29) is 18.6 Å². The van der Waals surface area contributed by atoms with Gasteiger partial charge in [-0.1, -0.05) is 24.6 Å². The number of carbonyl (C=O) groups excluding carboxylic acids is 3. The number of esters is 3. The summed E-state index contributed by atoms with van der Waals surface area (Å²) in [4.78, 5) is 35.1. The van der Waals surface area contributed by atoms with Crippen LogP contribution in [0.2, 0.25) is 5.02 Å². The van der Waals surface area contributed by atoms with Crippen LogP contribution < -0.4 is 0 Å². The fourth-order valence-corrected chi connectivity index (χ4v) is 1.70. The zero-order valence-corrected chi connectivity index (χ0v) is 12.0. The minimum atomic E-state index is -1.10. The fourth-order valence-electron chi connectivity index (χ4n) is 1.51. The molecule has 0 saturated heterocycles. The van der Waals surface area contributed by atoms with Crippen LogP contribution in [0.15, 0.2) is 24.3 Å². The van der Waals surface area contributed by atoms with Gasteiger partial charge in [-0.15, -0.1) is 0 Å². The van der Waals surface area contributed by atoms with Gasteiger partial charge in [-0.05, 0) is 31.5 Å². The molecule has 5 nitrogen and oxygen atoms in total. The summed E-state index contributed by atoms with van der Waals surface area (Å²) < 4.78 is 9.42. The molecule has 0 aliphatic heterocycles. The molecule has 1 aromatic rings. The van der Waals surface area contributed by atoms with Crippen LogP contribution in [0.5, 0.6) is 0 Å². The third kappa shape index (κ3) is 4.35. The molecule has 0 radical (unpaired) electrons. The van der Waals surface area contributed by atoms with Gasteiger partial charge in [-0.25, -0.2) is 4.79 Å². The predicted octanol–water partition coefficient (Wildman–Crippen LogP) is 2.61. The first-order chi connectivity index (χ1) is 9.49. The summed E-state index contributed by atoms with van der Waals surface area (Å²) in [6.45, 7) is 3.42. The highest BCUT2D eigenvalue weighted by Crippen LogP contribution is 2.14. The van der Waals surface area contributed by atoms with Crippen LogP contribution in [-0.4, -0.2) is 24.5 Å². The Balaban J connectivity index is 2.73. The second kappa shape index (κ2) is 7.65. The Morgan fingerprint density at radius 2 is 1.90 bits per heavy atom. The molecule has 0 saturated carbocycles. The molecule has 0 bridgehead atoms. The maximum atomic E-state index is 11.8. The van der Waals surface area contributed by atoms with E-state index in [4.69, 9.17) is 16.3 Å². The van der Waals surface area contributed by atoms with Gasteiger partial charge in [0.2, 0.25) is 0 Å². The SMILES string of the molecule is CCOC(=O)C(CC)C(=O)OC(=O)c1cccc(Cl)c1. The molecule has 6 heteroatoms. The van der Waals surface area contributed by atoms with E-state index in [1.807, 2.05) is 0 Å². The maximum absolute atomic E-state index is 11.8. The Hall–Kier alpha value is -1.88. The van der Waals surface area contributed by atoms with Gasteiger partial charge in [-0.3, -0.25) is 9.59 Å². The van der Waals surface area contributed by atoms with E-state index in [2.05, 4.69) is 4.74 Å². The van der Waals surface area contributed by atoms with Crippen LogP contribution in [0, 0.1) is 5.92 Å². The van der Waals surface area contributed by atoms with Crippen LogP contribution in [0.1, 0.15) is 30.6 Å². The molecule has 1 atom stereocenters. The molecule has 0 heterocycles. The van der Waals surface area contributed by atoms with E-state index in [9.17, 15) is 14.4 Å². The summed E-state index contributed by atoms with van der Waals surface area (Å²) in [5, 5.41) is 0.351. The second-order valence-electron chi connectivity index (χ2n) is 3.93. The molecule has 1 aromatic carbocycles. The summed E-state index contributed by atoms with van der Waals surface area (Å²) >= 11 is 5.74. The van der Waals surface area contributed by atoms with Crippen molar-refractivity contribution in [2.45, 2.75) is 20.3 Å². The third-order valence-electron chi connectivity index (χ3n) is 2.52. The molecule has 0 spiro atoms. The van der Waals surface area contributed by atoms with Crippen LogP contribution in [0.3, 0.4) is 0 Å². The highest BCUT2D eigenvalue weighted by atomic mass is 35.5. The lowest BCUT2D eigenvalue weighted by Gasteiger charge is -2.11. The molecule has 0 amide bonds. The lowest BCUT2D eigenvalue weighted by Crippen LogP contribution is -2.29. The Bertz CT molecular complexity index is 512. The minimum Gasteiger partial charge on any atom is -0.465 e. The van der Waals surface area contributed by atoms with Crippen molar-refractivity contribution in [1.29, 1.82) is 0 Å². The summed E-state index contributed by atoms with van der Waals surface area (Å²) in [6, 6.07) is 6.00. The number of ether oxygens (including phenoxy) is 2. The summed E-state index contributed by atoms with van der Waals surface area (Å²) in [5.74, 6) is -3.56. The monoisotopic (exact) mass is 298 g/mol. The molecule has 108 valence electrons. The van der Waals surface area contributed by atoms with Gasteiger partial charge in [0.25, 0.3) is 0 Å². The standard InChI is InChI=1S/C14H15ClO5/c1-3-11(13(17)19-4-2)14(18)20-12(16)9-6-5-7-10(15)8-9/h5-8,11H,3-4H2,1-2H3. The predicted molar refractivity (Wildman–Crippen MR) is 72.3 cm³/mol. The highest BCUT2D eigenvalue weighted by molar-refractivity contribution is 6.30. The van der Waals surface area contributed by atoms with Crippen LogP contribution >= 0.6 is 11.6 Å². The highest BCUT2D eigenvalue weighted by Gasteiger charge is 2.29. The Labute approximate surface area is 121 Å². The second-order valence-corrected chi connectivity index (χ2v) is 4.37. The van der Waals surface area contributed by atoms with E-state index in [0.29, 0.717) is 5.02 Å². The lowest BCUT2D eigenvalue weighted by molar-refractivity contribution is -0.158. The number of halogens is 1. The number of carbonyl (C=O) groups is 3. The normalized spacial score (nSPS) is 11.6. The topological polar surface area (TPSA) is 69.7 Å². The van der Waals surface area contributed by atoms with Crippen molar-refractivity contribution in [2.24, 2.45) is 5.92 Å². The quantitative estimate of drug-likeness (QED) is 0.617. The van der Waals surface area contributed by atoms with Gasteiger partial charge in [0, 0.05) is 5.02 Å². The largest absolute Gasteiger partial charge is 0.465 e. The van der Waals surface area contributed by atoms with Gasteiger partial charge in [0.1, 0.15) is 0 Å². The molecule has 20 heavy (non-hydrogen) atoms. The number of hydrogen-bond acceptors (Lipinski definition) is 5. The van der Waals surface area contributed by atoms with Gasteiger partial charge < -0.3 is 9.47 Å². The van der Waals surface area contributed by atoms with E-state index < -0.39 is 23.8 Å². The third-order valence-corrected chi connectivity index (χ3v) is 2.75. The molecular formula is C14H15ClO5. The van der Waals surface area contributed by atoms with E-state index in [1.165, 1.54) is 12.1 Å². The van der Waals surface area contributed by atoms with Gasteiger partial charge in [0.05, 0.1) is 12.2 Å². The molecule has 0 N–H and O–H groups in total. The Morgan fingerprint density at radius 1 is 1.20 bits per heavy atom. The van der Waals surface area contributed by atoms with E-state index in [1.54, 1.807) is 26.0 Å². The van der Waals surface area contributed by atoms with Gasteiger partial charge in [0.15, 0.2) is 5.92 Å². The molecule has 0 aromatic heterocycles. The molecular weight excluding hydrogens is 284 g/mol. The number of benzene rings is 1. The summed E-state index contributed by atoms with van der Waals surface area (Å²) in [6.07, 6.45) is 0.195. The average Bonchev–Trinajstić information content (AvgIpc) is 2.39. The van der Waals surface area contributed by atoms with Crippen molar-refractivity contribution in [3.63, 3.8) is 0 Å². The van der Waals surface area contributed by atoms with Crippen LogP contribution in [0.4, 0.5) is 0 Å². The smallest absolute Gasteiger partial charge is 0.345 e. The fraction of sp³-hybridized carbons (Fsp3) is 0.357. The molecule has 1 unspecified atom stereocenters. The zero-order chi connectivity index (χ0) is 15.1. The average molecular weight is 299 g/mol. The van der Waals surface area contributed by atoms with Crippen molar-refractivity contribution in [3.8, 4) is 0 Å². The Morgan fingerprint density at radius 3 is 2.45 bits per heavy atom. The molecule has 0 aliphatic carbocycles. The van der Waals surface area contributed by atoms with Crippen molar-refractivity contribution in [2.75, 3.05) is 6.61 Å². The molecule has 0 fully saturated rings. The van der Waals surface area contributed by atoms with Crippen molar-refractivity contribution in [1.82, 2.24) is 0 Å². The molecule has 1 rings (SSSR count). The minimum absolute atomic E-state index is 0.143. The van der Waals surface area contributed by atoms with E-state index >= 15 is 0 Å². The number of hydrogen-bond donors (Lipinski definition) is 0. The summed E-state index contributed by atoms with van der Waals surface area (Å²) in [7, 11) is 0. The van der Waals surface area contributed by atoms with E-state index in [0.717, 1.165) is 0 Å². The first-order valence-electron chi connectivity index (χ1n) is 6.17. The first kappa shape index (κ1) is 16.2. The maximum Gasteiger partial charge on any atom is 0.345 e. The van der Waals surface area contributed by atoms with Gasteiger partial charge >= 0.3 is 17.9 Å². The van der Waals surface area contributed by atoms with Crippen molar-refractivity contribution in [3.05, 3.63) is 34.9 Å². The lowest BCUT2D eigenvalue weighted by atomic mass is 10.1. The molecule has 0 aliphatic rings. The van der Waals surface area contributed by atoms with Crippen molar-refractivity contribution < 1.29 is 23.9 Å². The van der Waals surface area contributed by atoms with Gasteiger partial charge in [-0.2, -0.15) is 0 Å². The van der Waals surface area contributed by atoms with Crippen LogP contribution in [-0.2, 0) is 19.1 Å². The van der Waals surface area contributed by atoms with Crippen molar-refractivity contribution >= 4 is 29.5 Å². The zero-order valence-electron chi connectivity index (χ0n) is 11.2. The summed E-state index contributed by atoms with van der Waals surface area (Å²) in [5.41, 5.74) is 0.143. The Kier molecular flexibility index (Phi) is 6.18. The number of rotatable bonds is 5. The first-order valence-corrected chi connectivity index (χ1v) is 6.55. The van der Waals surface area contributed by atoms with Crippen LogP contribution in [0.25, 0.3) is 0 Å².